The van der Waals surface area contributed by atoms with Crippen molar-refractivity contribution < 1.29 is 13.2 Å². The van der Waals surface area contributed by atoms with Crippen LogP contribution in [0.25, 0.3) is 0 Å². The minimum Gasteiger partial charge on any atom is -0.313 e. The van der Waals surface area contributed by atoms with E-state index in [9.17, 15) is 13.2 Å². The van der Waals surface area contributed by atoms with Crippen LogP contribution in [0, 0.1) is 11.3 Å². The van der Waals surface area contributed by atoms with Crippen LogP contribution in [0.5, 0.6) is 0 Å². The number of halogens is 3. The quantitative estimate of drug-likeness (QED) is 0.805. The Hall–Kier alpha value is -1.54. The number of hydrogen-bond donors (Lipinski definition) is 1. The van der Waals surface area contributed by atoms with Crippen LogP contribution in [-0.4, -0.2) is 6.54 Å². The van der Waals surface area contributed by atoms with E-state index in [0.717, 1.165) is 24.1 Å². The highest BCUT2D eigenvalue weighted by atomic mass is 19.4. The maximum atomic E-state index is 12.3. The summed E-state index contributed by atoms with van der Waals surface area (Å²) in [6.07, 6.45) is -3.05. The summed E-state index contributed by atoms with van der Waals surface area (Å²) in [4.78, 5) is 0. The third kappa shape index (κ3) is 4.87. The molecule has 1 N–H and O–H groups in total. The first-order chi connectivity index (χ1) is 8.04. The van der Waals surface area contributed by atoms with E-state index in [1.807, 2.05) is 6.07 Å². The average Bonchev–Trinajstić information content (AvgIpc) is 2.28. The number of alkyl halides is 3. The highest BCUT2D eigenvalue weighted by molar-refractivity contribution is 5.24. The van der Waals surface area contributed by atoms with Gasteiger partial charge in [0, 0.05) is 13.0 Å². The number of unbranched alkanes of at least 4 members (excludes halogenated alkanes) is 1. The lowest BCUT2D eigenvalue weighted by atomic mass is 10.1. The summed E-state index contributed by atoms with van der Waals surface area (Å²) in [6, 6.07) is 7.09. The van der Waals surface area contributed by atoms with Crippen LogP contribution in [-0.2, 0) is 12.7 Å². The molecule has 0 aliphatic rings. The average molecular weight is 242 g/mol. The summed E-state index contributed by atoms with van der Waals surface area (Å²) in [6.45, 7) is 1.21. The molecule has 1 rings (SSSR count). The highest BCUT2D eigenvalue weighted by Gasteiger charge is 2.29. The number of nitriles is 1. The Morgan fingerprint density at radius 2 is 1.82 bits per heavy atom. The van der Waals surface area contributed by atoms with E-state index in [-0.39, 0.29) is 0 Å². The van der Waals surface area contributed by atoms with Crippen LogP contribution < -0.4 is 5.32 Å². The van der Waals surface area contributed by atoms with Crippen molar-refractivity contribution in [2.75, 3.05) is 6.54 Å². The van der Waals surface area contributed by atoms with Gasteiger partial charge in [0.15, 0.2) is 0 Å². The molecule has 0 bridgehead atoms. The second kappa shape index (κ2) is 6.26. The molecule has 0 radical (unpaired) electrons. The molecule has 2 nitrogen and oxygen atoms in total. The number of benzene rings is 1. The molecule has 0 aliphatic heterocycles. The molecule has 0 aromatic heterocycles. The van der Waals surface area contributed by atoms with Gasteiger partial charge < -0.3 is 5.32 Å². The highest BCUT2D eigenvalue weighted by Crippen LogP contribution is 2.28. The van der Waals surface area contributed by atoms with E-state index in [1.54, 1.807) is 0 Å². The molecule has 92 valence electrons. The first-order valence-electron chi connectivity index (χ1n) is 5.28. The van der Waals surface area contributed by atoms with Crippen LogP contribution in [0.15, 0.2) is 24.3 Å². The Morgan fingerprint density at radius 1 is 1.18 bits per heavy atom. The molecule has 0 heterocycles. The number of rotatable bonds is 5. The van der Waals surface area contributed by atoms with Crippen LogP contribution in [0.2, 0.25) is 0 Å². The predicted octanol–water partition coefficient (Wildman–Crippen LogP) is 3.10. The van der Waals surface area contributed by atoms with Gasteiger partial charge in [-0.15, -0.1) is 0 Å². The molecule has 0 spiro atoms. The first kappa shape index (κ1) is 13.5. The Labute approximate surface area is 98.1 Å². The molecular weight excluding hydrogens is 229 g/mol. The van der Waals surface area contributed by atoms with Gasteiger partial charge in [-0.25, -0.2) is 0 Å². The maximum absolute atomic E-state index is 12.3. The zero-order valence-corrected chi connectivity index (χ0v) is 9.22. The van der Waals surface area contributed by atoms with E-state index in [4.69, 9.17) is 5.26 Å². The third-order valence-corrected chi connectivity index (χ3v) is 2.25. The largest absolute Gasteiger partial charge is 0.416 e. The summed E-state index contributed by atoms with van der Waals surface area (Å²) in [7, 11) is 0. The van der Waals surface area contributed by atoms with Crippen molar-refractivity contribution in [1.82, 2.24) is 5.32 Å². The van der Waals surface area contributed by atoms with Gasteiger partial charge in [-0.2, -0.15) is 18.4 Å². The standard InChI is InChI=1S/C12H13F3N2/c13-12(14,15)11-5-3-10(4-6-11)9-17-8-2-1-7-16/h3-6,17H,1-2,8-9H2. The topological polar surface area (TPSA) is 35.8 Å². The summed E-state index contributed by atoms with van der Waals surface area (Å²) in [5.41, 5.74) is 0.167. The number of nitrogens with zero attached hydrogens (tertiary/aromatic N) is 1. The van der Waals surface area contributed by atoms with Crippen LogP contribution in [0.3, 0.4) is 0 Å². The van der Waals surface area contributed by atoms with Gasteiger partial charge in [-0.05, 0) is 30.7 Å². The minimum absolute atomic E-state index is 0.486. The normalized spacial score (nSPS) is 11.2. The van der Waals surface area contributed by atoms with Crippen molar-refractivity contribution in [3.8, 4) is 6.07 Å². The van der Waals surface area contributed by atoms with Crippen LogP contribution in [0.1, 0.15) is 24.0 Å². The van der Waals surface area contributed by atoms with E-state index < -0.39 is 11.7 Å². The van der Waals surface area contributed by atoms with Crippen molar-refractivity contribution in [3.63, 3.8) is 0 Å². The smallest absolute Gasteiger partial charge is 0.313 e. The zero-order valence-electron chi connectivity index (χ0n) is 9.22. The fourth-order valence-electron chi connectivity index (χ4n) is 1.34. The fourth-order valence-corrected chi connectivity index (χ4v) is 1.34. The van der Waals surface area contributed by atoms with Crippen molar-refractivity contribution in [1.29, 1.82) is 5.26 Å². The molecule has 5 heteroatoms. The molecule has 1 aromatic carbocycles. The SMILES string of the molecule is N#CCCCNCc1ccc(C(F)(F)F)cc1. The van der Waals surface area contributed by atoms with Gasteiger partial charge in [-0.3, -0.25) is 0 Å². The molecule has 0 saturated heterocycles. The summed E-state index contributed by atoms with van der Waals surface area (Å²) >= 11 is 0. The Morgan fingerprint density at radius 3 is 2.35 bits per heavy atom. The van der Waals surface area contributed by atoms with E-state index >= 15 is 0 Å². The van der Waals surface area contributed by atoms with Gasteiger partial charge in [0.25, 0.3) is 0 Å². The third-order valence-electron chi connectivity index (χ3n) is 2.25. The van der Waals surface area contributed by atoms with Crippen molar-refractivity contribution in [3.05, 3.63) is 35.4 Å². The molecule has 17 heavy (non-hydrogen) atoms. The Balaban J connectivity index is 2.39. The maximum Gasteiger partial charge on any atom is 0.416 e. The number of nitrogens with one attached hydrogen (secondary N) is 1. The lowest BCUT2D eigenvalue weighted by Gasteiger charge is -2.08. The second-order valence-corrected chi connectivity index (χ2v) is 3.63. The van der Waals surface area contributed by atoms with Gasteiger partial charge in [0.2, 0.25) is 0 Å². The zero-order chi connectivity index (χ0) is 12.7. The molecule has 0 aliphatic carbocycles. The summed E-state index contributed by atoms with van der Waals surface area (Å²) < 4.78 is 36.8. The van der Waals surface area contributed by atoms with Crippen LogP contribution >= 0.6 is 0 Å². The minimum atomic E-state index is -4.28. The van der Waals surface area contributed by atoms with Crippen LogP contribution in [0.4, 0.5) is 13.2 Å². The molecule has 0 fully saturated rings. The lowest BCUT2D eigenvalue weighted by Crippen LogP contribution is -2.14. The molecule has 0 atom stereocenters. The van der Waals surface area contributed by atoms with Gasteiger partial charge in [0.05, 0.1) is 11.6 Å². The fraction of sp³-hybridized carbons (Fsp3) is 0.417. The Kier molecular flexibility index (Phi) is 4.98. The van der Waals surface area contributed by atoms with Gasteiger partial charge in [-0.1, -0.05) is 12.1 Å². The first-order valence-corrected chi connectivity index (χ1v) is 5.28. The van der Waals surface area contributed by atoms with E-state index in [2.05, 4.69) is 5.32 Å². The monoisotopic (exact) mass is 242 g/mol. The summed E-state index contributed by atoms with van der Waals surface area (Å²) in [5, 5.41) is 11.4. The molecule has 0 amide bonds. The molecule has 0 saturated carbocycles. The molecule has 0 unspecified atom stereocenters. The van der Waals surface area contributed by atoms with E-state index in [1.165, 1.54) is 12.1 Å². The predicted molar refractivity (Wildman–Crippen MR) is 58.0 cm³/mol. The van der Waals surface area contributed by atoms with Gasteiger partial charge in [0.1, 0.15) is 0 Å². The van der Waals surface area contributed by atoms with E-state index in [0.29, 0.717) is 19.5 Å². The lowest BCUT2D eigenvalue weighted by molar-refractivity contribution is -0.137. The molecular formula is C12H13F3N2. The number of hydrogen-bond acceptors (Lipinski definition) is 2. The van der Waals surface area contributed by atoms with Crippen molar-refractivity contribution in [2.45, 2.75) is 25.6 Å². The second-order valence-electron chi connectivity index (χ2n) is 3.63. The Bertz CT molecular complexity index is 376. The van der Waals surface area contributed by atoms with Gasteiger partial charge >= 0.3 is 6.18 Å². The van der Waals surface area contributed by atoms with Crippen molar-refractivity contribution in [2.24, 2.45) is 0 Å². The molecule has 1 aromatic rings. The van der Waals surface area contributed by atoms with Crippen molar-refractivity contribution >= 4 is 0 Å². The summed E-state index contributed by atoms with van der Waals surface area (Å²) in [5.74, 6) is 0.